The van der Waals surface area contributed by atoms with Crippen LogP contribution in [0.2, 0.25) is 0 Å². The van der Waals surface area contributed by atoms with Gasteiger partial charge in [0.1, 0.15) is 0 Å². The van der Waals surface area contributed by atoms with Crippen LogP contribution in [0.3, 0.4) is 0 Å². The molecule has 3 heteroatoms. The predicted octanol–water partition coefficient (Wildman–Crippen LogP) is 3.99. The first-order chi connectivity index (χ1) is 9.08. The van der Waals surface area contributed by atoms with E-state index in [1.54, 1.807) is 0 Å². The molecule has 0 saturated carbocycles. The maximum absolute atomic E-state index is 10.3. The lowest BCUT2D eigenvalue weighted by Gasteiger charge is -2.12. The van der Waals surface area contributed by atoms with Gasteiger partial charge in [-0.3, -0.25) is 4.98 Å². The molecule has 2 rings (SSSR count). The van der Waals surface area contributed by atoms with E-state index < -0.39 is 6.10 Å². The van der Waals surface area contributed by atoms with Gasteiger partial charge in [0.25, 0.3) is 0 Å². The Labute approximate surface area is 122 Å². The van der Waals surface area contributed by atoms with Crippen molar-refractivity contribution in [3.63, 3.8) is 0 Å². The van der Waals surface area contributed by atoms with Crippen molar-refractivity contribution in [1.29, 1.82) is 0 Å². The lowest BCUT2D eigenvalue weighted by molar-refractivity contribution is 0.177. The van der Waals surface area contributed by atoms with Crippen LogP contribution >= 0.6 is 15.9 Å². The Bertz CT molecular complexity index is 531. The van der Waals surface area contributed by atoms with E-state index >= 15 is 0 Å². The largest absolute Gasteiger partial charge is 0.388 e. The molecule has 1 unspecified atom stereocenters. The van der Waals surface area contributed by atoms with Gasteiger partial charge in [-0.25, -0.2) is 0 Å². The maximum Gasteiger partial charge on any atom is 0.0845 e. The van der Waals surface area contributed by atoms with Gasteiger partial charge in [-0.1, -0.05) is 35.0 Å². The maximum atomic E-state index is 10.3. The highest BCUT2D eigenvalue weighted by molar-refractivity contribution is 9.10. The molecule has 2 aromatic rings. The summed E-state index contributed by atoms with van der Waals surface area (Å²) in [6.45, 7) is 4.13. The molecule has 100 valence electrons. The number of hydrogen-bond donors (Lipinski definition) is 1. The molecule has 1 aromatic heterocycles. The lowest BCUT2D eigenvalue weighted by Crippen LogP contribution is -2.04. The molecule has 1 atom stereocenters. The van der Waals surface area contributed by atoms with Crippen molar-refractivity contribution in [2.75, 3.05) is 0 Å². The van der Waals surface area contributed by atoms with Crippen LogP contribution in [-0.2, 0) is 12.8 Å². The van der Waals surface area contributed by atoms with Crippen LogP contribution in [0.15, 0.2) is 41.0 Å². The third kappa shape index (κ3) is 3.88. The van der Waals surface area contributed by atoms with Gasteiger partial charge < -0.3 is 5.11 Å². The molecular formula is C16H18BrNO. The van der Waals surface area contributed by atoms with Crippen molar-refractivity contribution in [2.24, 2.45) is 0 Å². The molecule has 1 N–H and O–H groups in total. The van der Waals surface area contributed by atoms with E-state index in [0.717, 1.165) is 27.7 Å². The first-order valence-corrected chi connectivity index (χ1v) is 7.26. The number of halogens is 1. The molecule has 1 heterocycles. The first kappa shape index (κ1) is 14.2. The molecule has 0 bridgehead atoms. The van der Waals surface area contributed by atoms with Crippen LogP contribution in [0.5, 0.6) is 0 Å². The first-order valence-electron chi connectivity index (χ1n) is 6.47. The Morgan fingerprint density at radius 1 is 1.26 bits per heavy atom. The van der Waals surface area contributed by atoms with E-state index in [9.17, 15) is 5.11 Å². The van der Waals surface area contributed by atoms with Crippen molar-refractivity contribution < 1.29 is 5.11 Å². The van der Waals surface area contributed by atoms with Gasteiger partial charge in [0.2, 0.25) is 0 Å². The van der Waals surface area contributed by atoms with Crippen LogP contribution in [-0.4, -0.2) is 10.1 Å². The summed E-state index contributed by atoms with van der Waals surface area (Å²) in [7, 11) is 0. The molecule has 0 aliphatic heterocycles. The Kier molecular flexibility index (Phi) is 4.72. The fourth-order valence-corrected chi connectivity index (χ4v) is 2.68. The van der Waals surface area contributed by atoms with Crippen LogP contribution in [0.25, 0.3) is 0 Å². The number of aliphatic hydroxyl groups excluding tert-OH is 1. The second kappa shape index (κ2) is 6.31. The van der Waals surface area contributed by atoms with Crippen LogP contribution in [0, 0.1) is 6.92 Å². The zero-order valence-corrected chi connectivity index (χ0v) is 12.8. The van der Waals surface area contributed by atoms with Crippen LogP contribution in [0.1, 0.15) is 35.4 Å². The van der Waals surface area contributed by atoms with Gasteiger partial charge in [0, 0.05) is 22.8 Å². The third-order valence-electron chi connectivity index (χ3n) is 3.15. The summed E-state index contributed by atoms with van der Waals surface area (Å²) < 4.78 is 0.996. The Hall–Kier alpha value is -1.19. The monoisotopic (exact) mass is 319 g/mol. The van der Waals surface area contributed by atoms with E-state index in [1.165, 1.54) is 5.56 Å². The quantitative estimate of drug-likeness (QED) is 0.924. The Morgan fingerprint density at radius 3 is 2.63 bits per heavy atom. The number of pyridine rings is 1. The summed E-state index contributed by atoms with van der Waals surface area (Å²) in [5.74, 6) is 0. The second-order valence-corrected chi connectivity index (χ2v) is 5.71. The summed E-state index contributed by atoms with van der Waals surface area (Å²) in [6.07, 6.45) is 2.89. The van der Waals surface area contributed by atoms with Gasteiger partial charge in [-0.15, -0.1) is 0 Å². The van der Waals surface area contributed by atoms with Gasteiger partial charge in [-0.05, 0) is 48.2 Å². The molecule has 0 spiro atoms. The topological polar surface area (TPSA) is 33.1 Å². The zero-order chi connectivity index (χ0) is 13.8. The minimum absolute atomic E-state index is 0.517. The zero-order valence-electron chi connectivity index (χ0n) is 11.2. The molecule has 0 radical (unpaired) electrons. The minimum Gasteiger partial charge on any atom is -0.388 e. The molecule has 1 aromatic carbocycles. The van der Waals surface area contributed by atoms with E-state index in [1.807, 2.05) is 37.4 Å². The van der Waals surface area contributed by atoms with Crippen molar-refractivity contribution in [1.82, 2.24) is 4.98 Å². The summed E-state index contributed by atoms with van der Waals surface area (Å²) in [4.78, 5) is 4.39. The van der Waals surface area contributed by atoms with Crippen LogP contribution < -0.4 is 0 Å². The van der Waals surface area contributed by atoms with Gasteiger partial charge in [0.15, 0.2) is 0 Å². The Balaban J connectivity index is 2.13. The van der Waals surface area contributed by atoms with Crippen LogP contribution in [0.4, 0.5) is 0 Å². The molecule has 0 saturated heterocycles. The van der Waals surface area contributed by atoms with Gasteiger partial charge in [-0.2, -0.15) is 0 Å². The fraction of sp³-hybridized carbons (Fsp3) is 0.312. The van der Waals surface area contributed by atoms with E-state index in [2.05, 4.69) is 33.9 Å². The average Bonchev–Trinajstić information content (AvgIpc) is 2.38. The summed E-state index contributed by atoms with van der Waals surface area (Å²) in [5.41, 5.74) is 4.20. The SMILES string of the molecule is CCc1ccc(CC(O)c2cc(C)cc(Br)c2)nc1. The average molecular weight is 320 g/mol. The minimum atomic E-state index is -0.517. The van der Waals surface area contributed by atoms with E-state index in [0.29, 0.717) is 6.42 Å². The summed E-state index contributed by atoms with van der Waals surface area (Å²) >= 11 is 3.46. The Morgan fingerprint density at radius 2 is 2.05 bits per heavy atom. The standard InChI is InChI=1S/C16H18BrNO/c1-3-12-4-5-15(18-10-12)9-16(19)13-6-11(2)7-14(17)8-13/h4-8,10,16,19H,3,9H2,1-2H3. The highest BCUT2D eigenvalue weighted by atomic mass is 79.9. The third-order valence-corrected chi connectivity index (χ3v) is 3.60. The smallest absolute Gasteiger partial charge is 0.0845 e. The normalized spacial score (nSPS) is 12.4. The van der Waals surface area contributed by atoms with Crippen molar-refractivity contribution in [3.8, 4) is 0 Å². The van der Waals surface area contributed by atoms with Crippen molar-refractivity contribution >= 4 is 15.9 Å². The molecule has 0 aliphatic rings. The highest BCUT2D eigenvalue weighted by Crippen LogP contribution is 2.23. The second-order valence-electron chi connectivity index (χ2n) is 4.79. The number of aromatic nitrogens is 1. The molecule has 0 amide bonds. The molecule has 19 heavy (non-hydrogen) atoms. The molecule has 0 aliphatic carbocycles. The molecule has 0 fully saturated rings. The number of nitrogens with zero attached hydrogens (tertiary/aromatic N) is 1. The summed E-state index contributed by atoms with van der Waals surface area (Å²) in [6, 6.07) is 10.1. The van der Waals surface area contributed by atoms with Crippen molar-refractivity contribution in [2.45, 2.75) is 32.8 Å². The van der Waals surface area contributed by atoms with Gasteiger partial charge in [0.05, 0.1) is 6.10 Å². The summed E-state index contributed by atoms with van der Waals surface area (Å²) in [5, 5.41) is 10.3. The number of hydrogen-bond acceptors (Lipinski definition) is 2. The number of aliphatic hydroxyl groups is 1. The predicted molar refractivity (Wildman–Crippen MR) is 81.2 cm³/mol. The van der Waals surface area contributed by atoms with Gasteiger partial charge >= 0.3 is 0 Å². The fourth-order valence-electron chi connectivity index (χ4n) is 2.06. The van der Waals surface area contributed by atoms with E-state index in [4.69, 9.17) is 0 Å². The lowest BCUT2D eigenvalue weighted by atomic mass is 10.0. The number of rotatable bonds is 4. The van der Waals surface area contributed by atoms with Crippen molar-refractivity contribution in [3.05, 3.63) is 63.4 Å². The number of benzene rings is 1. The van der Waals surface area contributed by atoms with E-state index in [-0.39, 0.29) is 0 Å². The number of aryl methyl sites for hydroxylation is 2. The highest BCUT2D eigenvalue weighted by Gasteiger charge is 2.10. The molecule has 2 nitrogen and oxygen atoms in total. The molecular weight excluding hydrogens is 302 g/mol.